The summed E-state index contributed by atoms with van der Waals surface area (Å²) >= 11 is 0. The number of rotatable bonds is 5. The molecule has 0 unspecified atom stereocenters. The summed E-state index contributed by atoms with van der Waals surface area (Å²) in [4.78, 5) is 11.8. The van der Waals surface area contributed by atoms with Gasteiger partial charge < -0.3 is 5.32 Å². The Kier molecular flexibility index (Phi) is 5.27. The number of amides is 1. The topological polar surface area (TPSA) is 75.3 Å². The maximum Gasteiger partial charge on any atom is 0.261 e. The summed E-state index contributed by atoms with van der Waals surface area (Å²) in [5.41, 5.74) is 2.74. The van der Waals surface area contributed by atoms with Crippen LogP contribution in [0.25, 0.3) is 0 Å². The zero-order valence-electron chi connectivity index (χ0n) is 13.5. The van der Waals surface area contributed by atoms with E-state index in [9.17, 15) is 13.2 Å². The van der Waals surface area contributed by atoms with Crippen LogP contribution in [0, 0.1) is 26.2 Å². The number of terminal acetylenes is 1. The van der Waals surface area contributed by atoms with Crippen molar-refractivity contribution < 1.29 is 13.2 Å². The molecule has 5 nitrogen and oxygen atoms in total. The number of carbonyl (C=O) groups is 1. The first-order chi connectivity index (χ1) is 11.3. The Bertz CT molecular complexity index is 895. The zero-order chi connectivity index (χ0) is 17.7. The van der Waals surface area contributed by atoms with Gasteiger partial charge in [0.15, 0.2) is 0 Å². The number of sulfonamides is 1. The zero-order valence-corrected chi connectivity index (χ0v) is 14.3. The van der Waals surface area contributed by atoms with Crippen molar-refractivity contribution in [3.8, 4) is 12.3 Å². The fraction of sp³-hybridized carbons (Fsp3) is 0.167. The molecule has 0 spiro atoms. The number of nitrogens with one attached hydrogen (secondary N) is 2. The van der Waals surface area contributed by atoms with E-state index >= 15 is 0 Å². The van der Waals surface area contributed by atoms with Gasteiger partial charge in [0, 0.05) is 5.56 Å². The average Bonchev–Trinajstić information content (AvgIpc) is 2.57. The maximum atomic E-state index is 12.5. The van der Waals surface area contributed by atoms with E-state index < -0.39 is 10.0 Å². The van der Waals surface area contributed by atoms with E-state index in [1.54, 1.807) is 12.1 Å². The van der Waals surface area contributed by atoms with Gasteiger partial charge in [-0.15, -0.1) is 6.42 Å². The third kappa shape index (κ3) is 3.94. The van der Waals surface area contributed by atoms with Crippen molar-refractivity contribution in [2.75, 3.05) is 11.3 Å². The van der Waals surface area contributed by atoms with E-state index in [0.717, 1.165) is 11.1 Å². The summed E-state index contributed by atoms with van der Waals surface area (Å²) < 4.78 is 27.5. The molecule has 2 N–H and O–H groups in total. The molecule has 124 valence electrons. The third-order valence-electron chi connectivity index (χ3n) is 3.63. The van der Waals surface area contributed by atoms with Crippen LogP contribution in [0.5, 0.6) is 0 Å². The van der Waals surface area contributed by atoms with Gasteiger partial charge in [0.1, 0.15) is 0 Å². The van der Waals surface area contributed by atoms with Crippen LogP contribution >= 0.6 is 0 Å². The summed E-state index contributed by atoms with van der Waals surface area (Å²) in [5, 5.41) is 2.52. The molecule has 1 amide bonds. The molecule has 0 aliphatic rings. The quantitative estimate of drug-likeness (QED) is 0.820. The lowest BCUT2D eigenvalue weighted by molar-refractivity contribution is 0.0958. The number of hydrogen-bond donors (Lipinski definition) is 2. The fourth-order valence-electron chi connectivity index (χ4n) is 2.08. The van der Waals surface area contributed by atoms with E-state index in [2.05, 4.69) is 16.0 Å². The molecule has 0 heterocycles. The normalized spacial score (nSPS) is 10.7. The van der Waals surface area contributed by atoms with E-state index in [-0.39, 0.29) is 17.3 Å². The number of aryl methyl sites for hydroxylation is 1. The first kappa shape index (κ1) is 17.6. The monoisotopic (exact) mass is 342 g/mol. The van der Waals surface area contributed by atoms with Gasteiger partial charge in [-0.3, -0.25) is 9.52 Å². The predicted octanol–water partition coefficient (Wildman–Crippen LogP) is 2.47. The van der Waals surface area contributed by atoms with Crippen LogP contribution in [0.3, 0.4) is 0 Å². The summed E-state index contributed by atoms with van der Waals surface area (Å²) in [6, 6.07) is 11.1. The van der Waals surface area contributed by atoms with Crippen molar-refractivity contribution in [1.82, 2.24) is 5.32 Å². The Morgan fingerprint density at radius 1 is 1.12 bits per heavy atom. The minimum Gasteiger partial charge on any atom is -0.341 e. The summed E-state index contributed by atoms with van der Waals surface area (Å²) in [6.07, 6.45) is 5.08. The number of hydrogen-bond acceptors (Lipinski definition) is 3. The van der Waals surface area contributed by atoms with E-state index in [0.29, 0.717) is 11.3 Å². The van der Waals surface area contributed by atoms with Crippen LogP contribution in [0.1, 0.15) is 21.5 Å². The van der Waals surface area contributed by atoms with Crippen molar-refractivity contribution in [3.63, 3.8) is 0 Å². The van der Waals surface area contributed by atoms with Crippen LogP contribution in [-0.2, 0) is 10.0 Å². The lowest BCUT2D eigenvalue weighted by Crippen LogP contribution is -2.23. The van der Waals surface area contributed by atoms with Crippen LogP contribution in [-0.4, -0.2) is 20.9 Å². The van der Waals surface area contributed by atoms with Gasteiger partial charge in [0.25, 0.3) is 15.9 Å². The van der Waals surface area contributed by atoms with Gasteiger partial charge in [-0.2, -0.15) is 0 Å². The third-order valence-corrected chi connectivity index (χ3v) is 5.01. The molecule has 0 atom stereocenters. The van der Waals surface area contributed by atoms with Crippen molar-refractivity contribution in [3.05, 3.63) is 59.2 Å². The Morgan fingerprint density at radius 2 is 1.79 bits per heavy atom. The molecular formula is C18H18N2O3S. The highest BCUT2D eigenvalue weighted by atomic mass is 32.2. The molecule has 2 aromatic rings. The van der Waals surface area contributed by atoms with Gasteiger partial charge in [-0.05, 0) is 55.3 Å². The highest BCUT2D eigenvalue weighted by Crippen LogP contribution is 2.22. The van der Waals surface area contributed by atoms with Crippen LogP contribution in [0.15, 0.2) is 47.4 Å². The second kappa shape index (κ2) is 7.20. The lowest BCUT2D eigenvalue weighted by Gasteiger charge is -2.12. The van der Waals surface area contributed by atoms with E-state index in [1.807, 2.05) is 19.9 Å². The van der Waals surface area contributed by atoms with E-state index in [1.165, 1.54) is 24.3 Å². The van der Waals surface area contributed by atoms with Crippen molar-refractivity contribution in [2.24, 2.45) is 0 Å². The molecule has 0 radical (unpaired) electrons. The lowest BCUT2D eigenvalue weighted by atomic mass is 10.1. The highest BCUT2D eigenvalue weighted by Gasteiger charge is 2.16. The second-order valence-electron chi connectivity index (χ2n) is 5.26. The predicted molar refractivity (Wildman–Crippen MR) is 94.3 cm³/mol. The molecular weight excluding hydrogens is 324 g/mol. The minimum atomic E-state index is -3.73. The Balaban J connectivity index is 2.22. The van der Waals surface area contributed by atoms with Crippen LogP contribution < -0.4 is 10.0 Å². The van der Waals surface area contributed by atoms with Crippen LogP contribution in [0.2, 0.25) is 0 Å². The average molecular weight is 342 g/mol. The van der Waals surface area contributed by atoms with Gasteiger partial charge in [-0.25, -0.2) is 8.42 Å². The standard InChI is InChI=1S/C18H18N2O3S/c1-4-12-19-18(21)15-8-10-16(11-9-15)24(22,23)20-17-7-5-6-13(2)14(17)3/h1,5-11,20H,12H2,2-3H3,(H,19,21). The molecule has 2 aromatic carbocycles. The van der Waals surface area contributed by atoms with Gasteiger partial charge in [0.2, 0.25) is 0 Å². The second-order valence-corrected chi connectivity index (χ2v) is 6.95. The molecule has 2 rings (SSSR count). The largest absolute Gasteiger partial charge is 0.341 e. The number of benzene rings is 2. The van der Waals surface area contributed by atoms with Crippen molar-refractivity contribution in [2.45, 2.75) is 18.7 Å². The molecule has 24 heavy (non-hydrogen) atoms. The molecule has 0 fully saturated rings. The molecule has 0 aromatic heterocycles. The highest BCUT2D eigenvalue weighted by molar-refractivity contribution is 7.92. The SMILES string of the molecule is C#CCNC(=O)c1ccc(S(=O)(=O)Nc2cccc(C)c2C)cc1. The minimum absolute atomic E-state index is 0.0805. The van der Waals surface area contributed by atoms with E-state index in [4.69, 9.17) is 6.42 Å². The Morgan fingerprint density at radius 3 is 2.42 bits per heavy atom. The molecule has 0 aliphatic heterocycles. The molecule has 0 bridgehead atoms. The first-order valence-electron chi connectivity index (χ1n) is 7.26. The Hall–Kier alpha value is -2.78. The maximum absolute atomic E-state index is 12.5. The van der Waals surface area contributed by atoms with Gasteiger partial charge >= 0.3 is 0 Å². The van der Waals surface area contributed by atoms with Crippen molar-refractivity contribution >= 4 is 21.6 Å². The number of anilines is 1. The number of carbonyl (C=O) groups excluding carboxylic acids is 1. The molecule has 0 saturated heterocycles. The molecule has 6 heteroatoms. The molecule has 0 saturated carbocycles. The Labute approximate surface area is 142 Å². The van der Waals surface area contributed by atoms with Crippen molar-refractivity contribution in [1.29, 1.82) is 0 Å². The summed E-state index contributed by atoms with van der Waals surface area (Å²) in [5.74, 6) is 1.96. The van der Waals surface area contributed by atoms with Gasteiger partial charge in [0.05, 0.1) is 17.1 Å². The molecule has 0 aliphatic carbocycles. The smallest absolute Gasteiger partial charge is 0.261 e. The fourth-order valence-corrected chi connectivity index (χ4v) is 3.21. The van der Waals surface area contributed by atoms with Gasteiger partial charge in [-0.1, -0.05) is 18.1 Å². The summed E-state index contributed by atoms with van der Waals surface area (Å²) in [7, 11) is -3.73. The van der Waals surface area contributed by atoms with Crippen LogP contribution in [0.4, 0.5) is 5.69 Å². The first-order valence-corrected chi connectivity index (χ1v) is 8.74. The summed E-state index contributed by atoms with van der Waals surface area (Å²) in [6.45, 7) is 3.88.